The number of aromatic nitrogens is 2. The summed E-state index contributed by atoms with van der Waals surface area (Å²) in [6.07, 6.45) is 2.86. The van der Waals surface area contributed by atoms with E-state index < -0.39 is 10.0 Å². The van der Waals surface area contributed by atoms with Gasteiger partial charge in [0.05, 0.1) is 30.9 Å². The van der Waals surface area contributed by atoms with Gasteiger partial charge >= 0.3 is 0 Å². The molecule has 0 amide bonds. The molecule has 0 aromatic carbocycles. The lowest BCUT2D eigenvalue weighted by Crippen LogP contribution is -2.46. The maximum absolute atomic E-state index is 12.1. The number of sulfonamides is 1. The second kappa shape index (κ2) is 5.66. The summed E-state index contributed by atoms with van der Waals surface area (Å²) >= 11 is 1.59. The van der Waals surface area contributed by atoms with Gasteiger partial charge in [-0.3, -0.25) is 0 Å². The van der Waals surface area contributed by atoms with Crippen LogP contribution in [-0.4, -0.2) is 67.8 Å². The molecule has 2 bridgehead atoms. The third kappa shape index (κ3) is 2.82. The zero-order valence-electron chi connectivity index (χ0n) is 12.8. The third-order valence-corrected chi connectivity index (χ3v) is 6.51. The molecule has 23 heavy (non-hydrogen) atoms. The number of rotatable bonds is 2. The molecule has 2 atom stereocenters. The highest BCUT2D eigenvalue weighted by atomic mass is 32.2. The van der Waals surface area contributed by atoms with Crippen molar-refractivity contribution in [2.45, 2.75) is 6.04 Å². The molecular weight excluding hydrogens is 336 g/mol. The van der Waals surface area contributed by atoms with E-state index in [2.05, 4.69) is 14.9 Å². The Kier molecular flexibility index (Phi) is 3.75. The van der Waals surface area contributed by atoms with Crippen molar-refractivity contribution in [2.24, 2.45) is 5.92 Å². The quantitative estimate of drug-likeness (QED) is 0.794. The van der Waals surface area contributed by atoms with Gasteiger partial charge in [0.1, 0.15) is 17.0 Å². The van der Waals surface area contributed by atoms with Gasteiger partial charge in [0.2, 0.25) is 10.0 Å². The summed E-state index contributed by atoms with van der Waals surface area (Å²) in [5, 5.41) is 3.04. The molecule has 0 aliphatic carbocycles. The van der Waals surface area contributed by atoms with E-state index in [1.54, 1.807) is 22.0 Å². The van der Waals surface area contributed by atoms with Crippen LogP contribution in [0.3, 0.4) is 0 Å². The summed E-state index contributed by atoms with van der Waals surface area (Å²) in [4.78, 5) is 11.9. The van der Waals surface area contributed by atoms with Crippen molar-refractivity contribution in [3.63, 3.8) is 0 Å². The fourth-order valence-corrected chi connectivity index (χ4v) is 5.29. The highest BCUT2D eigenvalue weighted by molar-refractivity contribution is 7.88. The second-order valence-electron chi connectivity index (χ2n) is 6.13. The van der Waals surface area contributed by atoms with E-state index in [9.17, 15) is 8.42 Å². The Morgan fingerprint density at radius 1 is 1.26 bits per heavy atom. The minimum atomic E-state index is -3.24. The molecule has 0 spiro atoms. The molecule has 0 N–H and O–H groups in total. The minimum Gasteiger partial charge on any atom is -0.379 e. The van der Waals surface area contributed by atoms with Gasteiger partial charge in [0, 0.05) is 25.6 Å². The third-order valence-electron chi connectivity index (χ3n) is 4.39. The minimum absolute atomic E-state index is 0.140. The average Bonchev–Trinajstić information content (AvgIpc) is 2.75. The first-order valence-electron chi connectivity index (χ1n) is 7.50. The lowest BCUT2D eigenvalue weighted by atomic mass is 10.1. The molecule has 4 rings (SSSR count). The molecule has 2 aromatic rings. The van der Waals surface area contributed by atoms with E-state index in [1.807, 2.05) is 11.4 Å². The SMILES string of the molecule is CS(=O)(=O)N1C[C@H]2COC[C@@H]1CN(c1ncnc3sccc13)C2. The standard InChI is InChI=1S/C14H18N4O3S2/c1-23(19,20)18-5-10-4-17(6-11(18)8-21-7-10)13-12-2-3-22-14(12)16-9-15-13/h2-3,9-11H,4-8H2,1H3/t10-,11-/m0/s1. The van der Waals surface area contributed by atoms with Crippen LogP contribution >= 0.6 is 11.3 Å². The summed E-state index contributed by atoms with van der Waals surface area (Å²) in [7, 11) is -3.24. The zero-order chi connectivity index (χ0) is 16.0. The Morgan fingerprint density at radius 3 is 2.96 bits per heavy atom. The van der Waals surface area contributed by atoms with Crippen LogP contribution in [0.5, 0.6) is 0 Å². The van der Waals surface area contributed by atoms with Crippen LogP contribution in [0, 0.1) is 5.92 Å². The molecule has 0 unspecified atom stereocenters. The van der Waals surface area contributed by atoms with Crippen LogP contribution in [-0.2, 0) is 14.8 Å². The number of hydrogen-bond donors (Lipinski definition) is 0. The molecule has 0 radical (unpaired) electrons. The number of ether oxygens (including phenoxy) is 1. The summed E-state index contributed by atoms with van der Waals surface area (Å²) in [5.74, 6) is 1.03. The van der Waals surface area contributed by atoms with Crippen molar-refractivity contribution in [3.8, 4) is 0 Å². The van der Waals surface area contributed by atoms with Crippen molar-refractivity contribution in [2.75, 3.05) is 44.0 Å². The molecule has 2 fully saturated rings. The van der Waals surface area contributed by atoms with E-state index in [0.717, 1.165) is 22.6 Å². The molecule has 2 saturated heterocycles. The highest BCUT2D eigenvalue weighted by Crippen LogP contribution is 2.30. The molecule has 0 saturated carbocycles. The number of thiophene rings is 1. The monoisotopic (exact) mass is 354 g/mol. The molecule has 7 nitrogen and oxygen atoms in total. The first kappa shape index (κ1) is 15.3. The van der Waals surface area contributed by atoms with Gasteiger partial charge < -0.3 is 9.64 Å². The Hall–Kier alpha value is -1.29. The Labute approximate surface area is 138 Å². The van der Waals surface area contributed by atoms with Crippen LogP contribution in [0.15, 0.2) is 17.8 Å². The van der Waals surface area contributed by atoms with Gasteiger partial charge in [-0.1, -0.05) is 0 Å². The number of anilines is 1. The van der Waals surface area contributed by atoms with Crippen LogP contribution < -0.4 is 4.90 Å². The van der Waals surface area contributed by atoms with Crippen LogP contribution in [0.1, 0.15) is 0 Å². The van der Waals surface area contributed by atoms with Crippen molar-refractivity contribution < 1.29 is 13.2 Å². The normalized spacial score (nSPS) is 26.4. The summed E-state index contributed by atoms with van der Waals surface area (Å²) in [5.41, 5.74) is 0. The maximum Gasteiger partial charge on any atom is 0.211 e. The lowest BCUT2D eigenvalue weighted by molar-refractivity contribution is 0.0980. The Bertz CT molecular complexity index is 822. The van der Waals surface area contributed by atoms with E-state index in [4.69, 9.17) is 4.74 Å². The number of fused-ring (bicyclic) bond motifs is 4. The molecule has 2 aliphatic rings. The smallest absolute Gasteiger partial charge is 0.211 e. The average molecular weight is 354 g/mol. The summed E-state index contributed by atoms with van der Waals surface area (Å²) < 4.78 is 31.5. The van der Waals surface area contributed by atoms with Crippen LogP contribution in [0.25, 0.3) is 10.2 Å². The predicted molar refractivity (Wildman–Crippen MR) is 89.3 cm³/mol. The first-order valence-corrected chi connectivity index (χ1v) is 10.2. The number of nitrogens with zero attached hydrogens (tertiary/aromatic N) is 4. The lowest BCUT2D eigenvalue weighted by Gasteiger charge is -2.31. The topological polar surface area (TPSA) is 75.6 Å². The molecule has 9 heteroatoms. The largest absolute Gasteiger partial charge is 0.379 e. The van der Waals surface area contributed by atoms with Gasteiger partial charge in [-0.15, -0.1) is 11.3 Å². The zero-order valence-corrected chi connectivity index (χ0v) is 14.4. The van der Waals surface area contributed by atoms with Crippen molar-refractivity contribution in [1.82, 2.24) is 14.3 Å². The first-order chi connectivity index (χ1) is 11.0. The number of hydrogen-bond acceptors (Lipinski definition) is 7. The molecular formula is C14H18N4O3S2. The fraction of sp³-hybridized carbons (Fsp3) is 0.571. The van der Waals surface area contributed by atoms with Gasteiger partial charge in [-0.2, -0.15) is 4.31 Å². The highest BCUT2D eigenvalue weighted by Gasteiger charge is 2.38. The van der Waals surface area contributed by atoms with Gasteiger partial charge in [-0.05, 0) is 11.4 Å². The van der Waals surface area contributed by atoms with Gasteiger partial charge in [0.15, 0.2) is 0 Å². The summed E-state index contributed by atoms with van der Waals surface area (Å²) in [6.45, 7) is 2.85. The van der Waals surface area contributed by atoms with E-state index >= 15 is 0 Å². The molecule has 2 aromatic heterocycles. The van der Waals surface area contributed by atoms with Gasteiger partial charge in [-0.25, -0.2) is 18.4 Å². The predicted octanol–water partition coefficient (Wildman–Crippen LogP) is 0.788. The molecule has 4 heterocycles. The van der Waals surface area contributed by atoms with Crippen LogP contribution in [0.2, 0.25) is 0 Å². The Morgan fingerprint density at radius 2 is 2.13 bits per heavy atom. The fourth-order valence-electron chi connectivity index (χ4n) is 3.41. The van der Waals surface area contributed by atoms with Crippen LogP contribution in [0.4, 0.5) is 5.82 Å². The van der Waals surface area contributed by atoms with Crippen molar-refractivity contribution in [3.05, 3.63) is 17.8 Å². The van der Waals surface area contributed by atoms with E-state index in [0.29, 0.717) is 26.3 Å². The molecule has 2 aliphatic heterocycles. The van der Waals surface area contributed by atoms with E-state index in [-0.39, 0.29) is 12.0 Å². The second-order valence-corrected chi connectivity index (χ2v) is 8.96. The summed E-state index contributed by atoms with van der Waals surface area (Å²) in [6, 6.07) is 1.85. The molecule has 124 valence electrons. The van der Waals surface area contributed by atoms with Gasteiger partial charge in [0.25, 0.3) is 0 Å². The van der Waals surface area contributed by atoms with E-state index in [1.165, 1.54) is 6.26 Å². The van der Waals surface area contributed by atoms with Crippen molar-refractivity contribution >= 4 is 37.4 Å². The maximum atomic E-state index is 12.1. The Balaban J connectivity index is 1.73. The van der Waals surface area contributed by atoms with Crippen molar-refractivity contribution in [1.29, 1.82) is 0 Å².